The second kappa shape index (κ2) is 5.48. The van der Waals surface area contributed by atoms with Crippen LogP contribution >= 0.6 is 0 Å². The monoisotopic (exact) mass is 318 g/mol. The number of carbonyl (C=O) groups is 1. The van der Waals surface area contributed by atoms with Crippen molar-refractivity contribution >= 4 is 6.09 Å². The number of likely N-dealkylation sites (tertiary alicyclic amines) is 1. The van der Waals surface area contributed by atoms with Crippen molar-refractivity contribution in [2.45, 2.75) is 64.8 Å². The Morgan fingerprint density at radius 2 is 2.04 bits per heavy atom. The molecule has 1 unspecified atom stereocenters. The molecule has 2 aliphatic heterocycles. The first-order valence-electron chi connectivity index (χ1n) is 8.34. The molecular formula is C18H26N2O3. The molecule has 3 heterocycles. The lowest BCUT2D eigenvalue weighted by Crippen LogP contribution is -2.47. The minimum atomic E-state index is -0.461. The third-order valence-electron chi connectivity index (χ3n) is 4.65. The second-order valence-electron chi connectivity index (χ2n) is 7.61. The average molecular weight is 318 g/mol. The highest BCUT2D eigenvalue weighted by Gasteiger charge is 2.48. The van der Waals surface area contributed by atoms with E-state index in [1.165, 1.54) is 11.1 Å². The van der Waals surface area contributed by atoms with Gasteiger partial charge in [0.1, 0.15) is 5.60 Å². The number of carbonyl (C=O) groups excluding carboxylic acids is 1. The molecule has 126 valence electrons. The first-order chi connectivity index (χ1) is 10.7. The molecule has 3 rings (SSSR count). The van der Waals surface area contributed by atoms with E-state index in [4.69, 9.17) is 9.47 Å². The maximum absolute atomic E-state index is 12.2. The predicted molar refractivity (Wildman–Crippen MR) is 87.2 cm³/mol. The first kappa shape index (κ1) is 16.2. The van der Waals surface area contributed by atoms with Gasteiger partial charge in [0.05, 0.1) is 17.4 Å². The summed E-state index contributed by atoms with van der Waals surface area (Å²) in [6.07, 6.45) is 3.20. The number of aromatic nitrogens is 1. The highest BCUT2D eigenvalue weighted by atomic mass is 16.6. The van der Waals surface area contributed by atoms with Crippen molar-refractivity contribution in [1.29, 1.82) is 0 Å². The van der Waals surface area contributed by atoms with Gasteiger partial charge in [0.25, 0.3) is 0 Å². The van der Waals surface area contributed by atoms with Gasteiger partial charge in [-0.2, -0.15) is 0 Å². The standard InChI is InChI=1S/C18H26N2O3/c1-12-6-9-19-15-13(2)22-18(14(12)15)7-10-20(11-8-18)16(21)23-17(3,4)5/h6,9,13H,7-8,10-11H2,1-5H3. The SMILES string of the molecule is Cc1ccnc2c1C1(CCN(C(=O)OC(C)(C)C)CC1)OC2C. The van der Waals surface area contributed by atoms with E-state index in [0.29, 0.717) is 13.1 Å². The number of fused-ring (bicyclic) bond motifs is 2. The van der Waals surface area contributed by atoms with Crippen molar-refractivity contribution < 1.29 is 14.3 Å². The molecule has 23 heavy (non-hydrogen) atoms. The number of ether oxygens (including phenoxy) is 2. The normalized spacial score (nSPS) is 23.0. The molecule has 0 aliphatic carbocycles. The van der Waals surface area contributed by atoms with E-state index in [1.54, 1.807) is 4.90 Å². The lowest BCUT2D eigenvalue weighted by molar-refractivity contribution is -0.104. The largest absolute Gasteiger partial charge is 0.444 e. The third kappa shape index (κ3) is 2.94. The fourth-order valence-electron chi connectivity index (χ4n) is 3.68. The predicted octanol–water partition coefficient (Wildman–Crippen LogP) is 3.71. The van der Waals surface area contributed by atoms with E-state index in [0.717, 1.165) is 18.5 Å². The molecule has 0 radical (unpaired) electrons. The molecule has 2 aliphatic rings. The zero-order valence-electron chi connectivity index (χ0n) is 14.7. The maximum atomic E-state index is 12.2. The molecule has 0 aromatic carbocycles. The van der Waals surface area contributed by atoms with Crippen LogP contribution in [0.25, 0.3) is 0 Å². The van der Waals surface area contributed by atoms with Crippen molar-refractivity contribution in [3.05, 3.63) is 29.1 Å². The number of piperidine rings is 1. The molecule has 1 spiro atoms. The Balaban J connectivity index is 1.77. The van der Waals surface area contributed by atoms with Crippen LogP contribution in [0.2, 0.25) is 0 Å². The first-order valence-corrected chi connectivity index (χ1v) is 8.34. The van der Waals surface area contributed by atoms with Gasteiger partial charge in [-0.3, -0.25) is 4.98 Å². The molecule has 1 aromatic heterocycles. The quantitative estimate of drug-likeness (QED) is 0.732. The Labute approximate surface area is 138 Å². The Bertz CT molecular complexity index is 613. The molecular weight excluding hydrogens is 292 g/mol. The molecule has 0 bridgehead atoms. The number of nitrogens with zero attached hydrogens (tertiary/aromatic N) is 2. The number of pyridine rings is 1. The lowest BCUT2D eigenvalue weighted by atomic mass is 9.82. The van der Waals surface area contributed by atoms with Crippen molar-refractivity contribution in [2.75, 3.05) is 13.1 Å². The van der Waals surface area contributed by atoms with Crippen LogP contribution in [0.3, 0.4) is 0 Å². The van der Waals surface area contributed by atoms with Gasteiger partial charge in [0.15, 0.2) is 0 Å². The third-order valence-corrected chi connectivity index (χ3v) is 4.65. The zero-order valence-corrected chi connectivity index (χ0v) is 14.7. The van der Waals surface area contributed by atoms with E-state index in [-0.39, 0.29) is 17.8 Å². The van der Waals surface area contributed by atoms with Crippen LogP contribution in [0.5, 0.6) is 0 Å². The molecule has 5 heteroatoms. The number of aryl methyl sites for hydroxylation is 1. The topological polar surface area (TPSA) is 51.7 Å². The molecule has 0 saturated carbocycles. The van der Waals surface area contributed by atoms with Crippen LogP contribution in [0.4, 0.5) is 4.79 Å². The van der Waals surface area contributed by atoms with Crippen LogP contribution in [0.1, 0.15) is 63.5 Å². The summed E-state index contributed by atoms with van der Waals surface area (Å²) in [5.41, 5.74) is 2.75. The van der Waals surface area contributed by atoms with Crippen molar-refractivity contribution in [2.24, 2.45) is 0 Å². The smallest absolute Gasteiger partial charge is 0.410 e. The van der Waals surface area contributed by atoms with Crippen LogP contribution in [-0.4, -0.2) is 34.7 Å². The van der Waals surface area contributed by atoms with Crippen LogP contribution in [0.15, 0.2) is 12.3 Å². The summed E-state index contributed by atoms with van der Waals surface area (Å²) in [7, 11) is 0. The fourth-order valence-corrected chi connectivity index (χ4v) is 3.68. The summed E-state index contributed by atoms with van der Waals surface area (Å²) in [5, 5.41) is 0. The number of rotatable bonds is 0. The van der Waals surface area contributed by atoms with Crippen LogP contribution < -0.4 is 0 Å². The fraction of sp³-hybridized carbons (Fsp3) is 0.667. The van der Waals surface area contributed by atoms with Gasteiger partial charge in [-0.25, -0.2) is 4.79 Å². The summed E-state index contributed by atoms with van der Waals surface area (Å²) in [6, 6.07) is 2.04. The lowest BCUT2D eigenvalue weighted by Gasteiger charge is -2.40. The summed E-state index contributed by atoms with van der Waals surface area (Å²) in [4.78, 5) is 18.6. The molecule has 1 aromatic rings. The van der Waals surface area contributed by atoms with Crippen LogP contribution in [0, 0.1) is 6.92 Å². The molecule has 1 atom stereocenters. The summed E-state index contributed by atoms with van der Waals surface area (Å²) < 4.78 is 11.8. The minimum absolute atomic E-state index is 0.0120. The van der Waals surface area contributed by atoms with Gasteiger partial charge < -0.3 is 14.4 Å². The van der Waals surface area contributed by atoms with Gasteiger partial charge in [0, 0.05) is 24.8 Å². The van der Waals surface area contributed by atoms with Crippen molar-refractivity contribution in [3.8, 4) is 0 Å². The van der Waals surface area contributed by atoms with Gasteiger partial charge in [-0.05, 0) is 59.1 Å². The molecule has 1 amide bonds. The Morgan fingerprint density at radius 3 is 2.65 bits per heavy atom. The highest BCUT2D eigenvalue weighted by Crippen LogP contribution is 2.49. The Hall–Kier alpha value is -1.62. The van der Waals surface area contributed by atoms with Crippen molar-refractivity contribution in [3.63, 3.8) is 0 Å². The number of amides is 1. The van der Waals surface area contributed by atoms with E-state index in [9.17, 15) is 4.79 Å². The summed E-state index contributed by atoms with van der Waals surface area (Å²) in [6.45, 7) is 11.1. The second-order valence-corrected chi connectivity index (χ2v) is 7.61. The van der Waals surface area contributed by atoms with Gasteiger partial charge in [-0.1, -0.05) is 0 Å². The van der Waals surface area contributed by atoms with E-state index >= 15 is 0 Å². The molecule has 1 saturated heterocycles. The maximum Gasteiger partial charge on any atom is 0.410 e. The average Bonchev–Trinajstić information content (AvgIpc) is 2.72. The van der Waals surface area contributed by atoms with Gasteiger partial charge >= 0.3 is 6.09 Å². The van der Waals surface area contributed by atoms with Gasteiger partial charge in [-0.15, -0.1) is 0 Å². The van der Waals surface area contributed by atoms with E-state index in [2.05, 4.69) is 18.8 Å². The molecule has 1 fully saturated rings. The highest BCUT2D eigenvalue weighted by molar-refractivity contribution is 5.68. The molecule has 5 nitrogen and oxygen atoms in total. The van der Waals surface area contributed by atoms with E-state index < -0.39 is 5.60 Å². The Morgan fingerprint density at radius 1 is 1.39 bits per heavy atom. The number of hydrogen-bond acceptors (Lipinski definition) is 4. The number of hydrogen-bond donors (Lipinski definition) is 0. The Kier molecular flexibility index (Phi) is 3.87. The molecule has 0 N–H and O–H groups in total. The zero-order chi connectivity index (χ0) is 16.8. The minimum Gasteiger partial charge on any atom is -0.444 e. The summed E-state index contributed by atoms with van der Waals surface area (Å²) >= 11 is 0. The van der Waals surface area contributed by atoms with E-state index in [1.807, 2.05) is 33.0 Å². The van der Waals surface area contributed by atoms with Crippen molar-refractivity contribution in [1.82, 2.24) is 9.88 Å². The summed E-state index contributed by atoms with van der Waals surface area (Å²) in [5.74, 6) is 0. The van der Waals surface area contributed by atoms with Crippen LogP contribution in [-0.2, 0) is 15.1 Å². The van der Waals surface area contributed by atoms with Gasteiger partial charge in [0.2, 0.25) is 0 Å².